The molecule has 2 aromatic rings. The highest BCUT2D eigenvalue weighted by molar-refractivity contribution is 6.31. The van der Waals surface area contributed by atoms with Crippen LogP contribution < -0.4 is 5.32 Å². The number of nitrogens with one attached hydrogen (secondary N) is 1. The van der Waals surface area contributed by atoms with Crippen LogP contribution in [0.15, 0.2) is 30.5 Å². The highest BCUT2D eigenvalue weighted by Gasteiger charge is 2.12. The minimum atomic E-state index is -0.439. The van der Waals surface area contributed by atoms with Crippen molar-refractivity contribution in [2.75, 3.05) is 7.11 Å². The van der Waals surface area contributed by atoms with Crippen molar-refractivity contribution in [2.24, 2.45) is 0 Å². The molecule has 6 nitrogen and oxygen atoms in total. The summed E-state index contributed by atoms with van der Waals surface area (Å²) < 4.78 is 6.33. The van der Waals surface area contributed by atoms with Gasteiger partial charge in [-0.25, -0.2) is 4.79 Å². The molecule has 0 aliphatic rings. The van der Waals surface area contributed by atoms with E-state index >= 15 is 0 Å². The predicted octanol–water partition coefficient (Wildman–Crippen LogP) is 2.27. The molecular weight excluding hydrogens is 306 g/mol. The van der Waals surface area contributed by atoms with Gasteiger partial charge in [0.15, 0.2) is 0 Å². The first-order valence-corrected chi connectivity index (χ1v) is 7.11. The normalized spacial score (nSPS) is 10.3. The van der Waals surface area contributed by atoms with Crippen molar-refractivity contribution in [1.82, 2.24) is 15.1 Å². The SMILES string of the molecule is CCn1ncc(Cl)c1CNC(=O)c1ccc(C(=O)OC)cc1. The molecule has 0 unspecified atom stereocenters. The van der Waals surface area contributed by atoms with Crippen LogP contribution in [-0.2, 0) is 17.8 Å². The third-order valence-corrected chi connectivity index (χ3v) is 3.50. The fourth-order valence-electron chi connectivity index (χ4n) is 1.98. The number of halogens is 1. The average molecular weight is 322 g/mol. The third kappa shape index (κ3) is 3.46. The number of aryl methyl sites for hydroxylation is 1. The number of hydrogen-bond donors (Lipinski definition) is 1. The molecule has 0 atom stereocenters. The maximum absolute atomic E-state index is 12.1. The highest BCUT2D eigenvalue weighted by Crippen LogP contribution is 2.15. The van der Waals surface area contributed by atoms with Crippen molar-refractivity contribution >= 4 is 23.5 Å². The molecule has 0 spiro atoms. The third-order valence-electron chi connectivity index (χ3n) is 3.18. The van der Waals surface area contributed by atoms with Crippen LogP contribution in [-0.4, -0.2) is 28.8 Å². The van der Waals surface area contributed by atoms with Crippen molar-refractivity contribution in [3.8, 4) is 0 Å². The van der Waals surface area contributed by atoms with Crippen molar-refractivity contribution in [1.29, 1.82) is 0 Å². The van der Waals surface area contributed by atoms with E-state index in [0.717, 1.165) is 5.69 Å². The van der Waals surface area contributed by atoms with Gasteiger partial charge in [0.2, 0.25) is 0 Å². The molecule has 116 valence electrons. The van der Waals surface area contributed by atoms with E-state index < -0.39 is 5.97 Å². The van der Waals surface area contributed by atoms with E-state index in [0.29, 0.717) is 22.7 Å². The van der Waals surface area contributed by atoms with Gasteiger partial charge in [-0.1, -0.05) is 11.6 Å². The van der Waals surface area contributed by atoms with Gasteiger partial charge in [0, 0.05) is 12.1 Å². The van der Waals surface area contributed by atoms with Crippen molar-refractivity contribution < 1.29 is 14.3 Å². The zero-order valence-electron chi connectivity index (χ0n) is 12.3. The molecule has 1 aromatic carbocycles. The number of carbonyl (C=O) groups is 2. The van der Waals surface area contributed by atoms with Gasteiger partial charge in [0.1, 0.15) is 0 Å². The molecule has 0 saturated carbocycles. The lowest BCUT2D eigenvalue weighted by Crippen LogP contribution is -2.24. The van der Waals surface area contributed by atoms with E-state index in [1.54, 1.807) is 35.1 Å². The van der Waals surface area contributed by atoms with Crippen LogP contribution in [0.4, 0.5) is 0 Å². The molecule has 7 heteroatoms. The number of hydrogen-bond acceptors (Lipinski definition) is 4. The molecule has 0 fully saturated rings. The predicted molar refractivity (Wildman–Crippen MR) is 81.9 cm³/mol. The summed E-state index contributed by atoms with van der Waals surface area (Å²) in [5.74, 6) is -0.693. The van der Waals surface area contributed by atoms with Crippen molar-refractivity contribution in [3.63, 3.8) is 0 Å². The second-order valence-electron chi connectivity index (χ2n) is 4.51. The number of aromatic nitrogens is 2. The van der Waals surface area contributed by atoms with E-state index in [-0.39, 0.29) is 12.5 Å². The number of rotatable bonds is 5. The molecule has 1 amide bonds. The fraction of sp³-hybridized carbons (Fsp3) is 0.267. The summed E-state index contributed by atoms with van der Waals surface area (Å²) in [5.41, 5.74) is 1.60. The molecule has 2 rings (SSSR count). The Kier molecular flexibility index (Phi) is 5.16. The summed E-state index contributed by atoms with van der Waals surface area (Å²) in [6.45, 7) is 2.90. The molecule has 0 aliphatic heterocycles. The van der Waals surface area contributed by atoms with Crippen LogP contribution in [0.5, 0.6) is 0 Å². The molecular formula is C15H16ClN3O3. The van der Waals surface area contributed by atoms with Crippen LogP contribution in [0.1, 0.15) is 33.3 Å². The zero-order chi connectivity index (χ0) is 16.1. The van der Waals surface area contributed by atoms with Gasteiger partial charge in [0.25, 0.3) is 5.91 Å². The van der Waals surface area contributed by atoms with Crippen LogP contribution in [0.3, 0.4) is 0 Å². The lowest BCUT2D eigenvalue weighted by atomic mass is 10.1. The summed E-state index contributed by atoms with van der Waals surface area (Å²) >= 11 is 6.04. The van der Waals surface area contributed by atoms with E-state index in [1.807, 2.05) is 6.92 Å². The molecule has 0 aliphatic carbocycles. The molecule has 22 heavy (non-hydrogen) atoms. The van der Waals surface area contributed by atoms with E-state index in [2.05, 4.69) is 15.2 Å². The quantitative estimate of drug-likeness (QED) is 0.857. The van der Waals surface area contributed by atoms with Crippen LogP contribution in [0, 0.1) is 0 Å². The number of benzene rings is 1. The summed E-state index contributed by atoms with van der Waals surface area (Å²) in [5, 5.41) is 7.40. The molecule has 0 radical (unpaired) electrons. The summed E-state index contributed by atoms with van der Waals surface area (Å²) in [7, 11) is 1.31. The Hall–Kier alpha value is -2.34. The summed E-state index contributed by atoms with van der Waals surface area (Å²) in [4.78, 5) is 23.4. The standard InChI is InChI=1S/C15H16ClN3O3/c1-3-19-13(12(16)8-18-19)9-17-14(20)10-4-6-11(7-5-10)15(21)22-2/h4-8H,3,9H2,1-2H3,(H,17,20). The minimum absolute atomic E-state index is 0.253. The summed E-state index contributed by atoms with van der Waals surface area (Å²) in [6.07, 6.45) is 1.55. The van der Waals surface area contributed by atoms with Crippen molar-refractivity contribution in [2.45, 2.75) is 20.0 Å². The smallest absolute Gasteiger partial charge is 0.337 e. The first kappa shape index (κ1) is 16.0. The van der Waals surface area contributed by atoms with Gasteiger partial charge in [0.05, 0.1) is 36.1 Å². The van der Waals surface area contributed by atoms with E-state index in [9.17, 15) is 9.59 Å². The molecule has 1 N–H and O–H groups in total. The Balaban J connectivity index is 2.03. The first-order valence-electron chi connectivity index (χ1n) is 6.73. The number of ether oxygens (including phenoxy) is 1. The second-order valence-corrected chi connectivity index (χ2v) is 4.91. The summed E-state index contributed by atoms with van der Waals surface area (Å²) in [6, 6.07) is 6.23. The first-order chi connectivity index (χ1) is 10.6. The Morgan fingerprint density at radius 1 is 1.27 bits per heavy atom. The lowest BCUT2D eigenvalue weighted by Gasteiger charge is -2.08. The van der Waals surface area contributed by atoms with Crippen LogP contribution in [0.25, 0.3) is 0 Å². The minimum Gasteiger partial charge on any atom is -0.465 e. The fourth-order valence-corrected chi connectivity index (χ4v) is 2.19. The lowest BCUT2D eigenvalue weighted by molar-refractivity contribution is 0.0600. The largest absolute Gasteiger partial charge is 0.465 e. The molecule has 1 heterocycles. The van der Waals surface area contributed by atoms with Crippen LogP contribution >= 0.6 is 11.6 Å². The van der Waals surface area contributed by atoms with Crippen LogP contribution in [0.2, 0.25) is 5.02 Å². The number of amides is 1. The number of esters is 1. The van der Waals surface area contributed by atoms with Gasteiger partial charge in [-0.2, -0.15) is 5.10 Å². The maximum Gasteiger partial charge on any atom is 0.337 e. The van der Waals surface area contributed by atoms with Gasteiger partial charge >= 0.3 is 5.97 Å². The van der Waals surface area contributed by atoms with Gasteiger partial charge in [-0.3, -0.25) is 9.48 Å². The molecule has 0 bridgehead atoms. The number of carbonyl (C=O) groups excluding carboxylic acids is 2. The zero-order valence-corrected chi connectivity index (χ0v) is 13.1. The van der Waals surface area contributed by atoms with Gasteiger partial charge < -0.3 is 10.1 Å². The van der Waals surface area contributed by atoms with Gasteiger partial charge in [-0.15, -0.1) is 0 Å². The monoisotopic (exact) mass is 321 g/mol. The maximum atomic E-state index is 12.1. The topological polar surface area (TPSA) is 73.2 Å². The van der Waals surface area contributed by atoms with E-state index in [1.165, 1.54) is 7.11 Å². The Labute approximate surface area is 133 Å². The van der Waals surface area contributed by atoms with E-state index in [4.69, 9.17) is 11.6 Å². The number of methoxy groups -OCH3 is 1. The highest BCUT2D eigenvalue weighted by atomic mass is 35.5. The van der Waals surface area contributed by atoms with Crippen molar-refractivity contribution in [3.05, 3.63) is 52.3 Å². The Morgan fingerprint density at radius 3 is 2.50 bits per heavy atom. The number of nitrogens with zero attached hydrogens (tertiary/aromatic N) is 2. The molecule has 1 aromatic heterocycles. The average Bonchev–Trinajstić information content (AvgIpc) is 2.92. The van der Waals surface area contributed by atoms with Gasteiger partial charge in [-0.05, 0) is 31.2 Å². The second kappa shape index (κ2) is 7.09. The molecule has 0 saturated heterocycles. The Morgan fingerprint density at radius 2 is 1.91 bits per heavy atom. The Bertz CT molecular complexity index is 680.